The molecule has 2 aromatic carbocycles. The molecule has 0 radical (unpaired) electrons. The maximum atomic E-state index is 13.1. The van der Waals surface area contributed by atoms with Crippen molar-refractivity contribution >= 4 is 41.4 Å². The zero-order chi connectivity index (χ0) is 37.1. The van der Waals surface area contributed by atoms with Crippen LogP contribution in [-0.4, -0.2) is 64.6 Å². The number of hydrogen-bond acceptors (Lipinski definition) is 7. The molecule has 0 aliphatic rings. The van der Waals surface area contributed by atoms with Gasteiger partial charge >= 0.3 is 5.97 Å². The van der Waals surface area contributed by atoms with Crippen LogP contribution < -0.4 is 32.7 Å². The van der Waals surface area contributed by atoms with Crippen molar-refractivity contribution in [2.75, 3.05) is 0 Å². The molecule has 2 rings (SSSR count). The first-order valence-corrected chi connectivity index (χ1v) is 16.9. The van der Waals surface area contributed by atoms with Gasteiger partial charge in [0.2, 0.25) is 35.4 Å². The second-order valence-corrected chi connectivity index (χ2v) is 12.3. The third-order valence-corrected chi connectivity index (χ3v) is 8.28. The summed E-state index contributed by atoms with van der Waals surface area (Å²) in [5.41, 5.74) is 12.0. The van der Waals surface area contributed by atoms with E-state index in [9.17, 15) is 38.7 Å². The molecule has 0 bridgehead atoms. The highest BCUT2D eigenvalue weighted by Crippen LogP contribution is 2.16. The summed E-state index contributed by atoms with van der Waals surface area (Å²) in [6, 6.07) is 12.9. The Hall–Kier alpha value is -5.27. The number of carboxylic acid groups (broad SMARTS) is 1. The Labute approximate surface area is 292 Å². The Bertz CT molecular complexity index is 1440. The number of benzene rings is 2. The lowest BCUT2D eigenvalue weighted by Gasteiger charge is -2.26. The van der Waals surface area contributed by atoms with Crippen LogP contribution in [0.4, 0.5) is 0 Å². The van der Waals surface area contributed by atoms with Crippen LogP contribution in [0, 0.1) is 5.92 Å². The molecule has 14 nitrogen and oxygen atoms in total. The molecule has 6 amide bonds. The molecule has 2 aromatic rings. The van der Waals surface area contributed by atoms with Gasteiger partial charge in [0.05, 0.1) is 6.42 Å². The number of nitrogens with two attached hydrogens (primary N) is 2. The van der Waals surface area contributed by atoms with Gasteiger partial charge in [-0.15, -0.1) is 0 Å². The molecule has 0 aliphatic heterocycles. The Morgan fingerprint density at radius 1 is 0.680 bits per heavy atom. The number of carbonyl (C=O) groups excluding carboxylic acids is 6. The van der Waals surface area contributed by atoms with E-state index in [-0.39, 0.29) is 31.1 Å². The van der Waals surface area contributed by atoms with Crippen LogP contribution in [0.5, 0.6) is 0 Å². The van der Waals surface area contributed by atoms with E-state index < -0.39 is 66.1 Å². The highest BCUT2D eigenvalue weighted by molar-refractivity contribution is 5.94. The van der Waals surface area contributed by atoms with Crippen molar-refractivity contribution in [1.29, 1.82) is 0 Å². The van der Waals surface area contributed by atoms with Crippen LogP contribution in [0.2, 0.25) is 0 Å². The Morgan fingerprint density at radius 2 is 1.22 bits per heavy atom. The van der Waals surface area contributed by atoms with Gasteiger partial charge in [0.1, 0.15) is 24.2 Å². The number of rotatable bonds is 23. The van der Waals surface area contributed by atoms with Crippen molar-refractivity contribution in [3.8, 4) is 0 Å². The second-order valence-electron chi connectivity index (χ2n) is 12.3. The van der Waals surface area contributed by atoms with Gasteiger partial charge in [0.15, 0.2) is 0 Å². The standard InChI is InChI=1S/C36H50N6O8/c1-3-23(2)31(35(48)42-32(33(38)46)25-17-11-8-12-18-25)41-30(45)20-14-6-4-5-13-19-29(44)39-26(22-28(37)43)34(47)40-27(36(49)50)21-24-15-9-7-10-16-24/h7-12,15-18,23,26-27,31-32H,3-6,13-14,19-22H2,1-2H3,(H2,37,43)(H2,38,46)(H,39,44)(H,40,47)(H,41,45)(H,42,48)(H,49,50)/t23-,26+,27+,31+,32+/m1/s1. The largest absolute Gasteiger partial charge is 0.480 e. The lowest BCUT2D eigenvalue weighted by molar-refractivity contribution is -0.142. The highest BCUT2D eigenvalue weighted by atomic mass is 16.4. The lowest BCUT2D eigenvalue weighted by Crippen LogP contribution is -2.53. The molecule has 50 heavy (non-hydrogen) atoms. The van der Waals surface area contributed by atoms with E-state index in [2.05, 4.69) is 21.3 Å². The number of unbranched alkanes of at least 4 members (excludes halogenated alkanes) is 4. The van der Waals surface area contributed by atoms with Gasteiger partial charge in [0, 0.05) is 19.3 Å². The summed E-state index contributed by atoms with van der Waals surface area (Å²) in [5.74, 6) is -5.11. The van der Waals surface area contributed by atoms with Crippen molar-refractivity contribution in [2.45, 2.75) is 102 Å². The normalized spacial score (nSPS) is 13.8. The van der Waals surface area contributed by atoms with Gasteiger partial charge in [-0.2, -0.15) is 0 Å². The van der Waals surface area contributed by atoms with E-state index in [0.29, 0.717) is 43.2 Å². The summed E-state index contributed by atoms with van der Waals surface area (Å²) in [6.07, 6.45) is 3.49. The lowest BCUT2D eigenvalue weighted by atomic mass is 9.97. The molecule has 14 heteroatoms. The Morgan fingerprint density at radius 3 is 1.74 bits per heavy atom. The van der Waals surface area contributed by atoms with Gasteiger partial charge in [-0.3, -0.25) is 28.8 Å². The summed E-state index contributed by atoms with van der Waals surface area (Å²) in [7, 11) is 0. The maximum absolute atomic E-state index is 13.1. The predicted octanol–water partition coefficient (Wildman–Crippen LogP) is 1.76. The summed E-state index contributed by atoms with van der Waals surface area (Å²) >= 11 is 0. The number of carboxylic acids is 1. The molecule has 0 spiro atoms. The van der Waals surface area contributed by atoms with Crippen LogP contribution in [0.1, 0.15) is 88.8 Å². The van der Waals surface area contributed by atoms with Gasteiger partial charge in [-0.25, -0.2) is 4.79 Å². The average molecular weight is 695 g/mol. The van der Waals surface area contributed by atoms with E-state index in [1.165, 1.54) is 0 Å². The summed E-state index contributed by atoms with van der Waals surface area (Å²) in [5, 5.41) is 19.9. The minimum absolute atomic E-state index is 0.0146. The molecule has 0 aliphatic carbocycles. The van der Waals surface area contributed by atoms with Crippen molar-refractivity contribution in [1.82, 2.24) is 21.3 Å². The van der Waals surface area contributed by atoms with Gasteiger partial charge < -0.3 is 37.8 Å². The van der Waals surface area contributed by atoms with Crippen LogP contribution >= 0.6 is 0 Å². The fourth-order valence-corrected chi connectivity index (χ4v) is 5.24. The number of nitrogens with one attached hydrogen (secondary N) is 4. The van der Waals surface area contributed by atoms with E-state index in [4.69, 9.17) is 11.5 Å². The van der Waals surface area contributed by atoms with E-state index >= 15 is 0 Å². The second kappa shape index (κ2) is 21.6. The van der Waals surface area contributed by atoms with Gasteiger partial charge in [-0.1, -0.05) is 100 Å². The number of amides is 6. The molecule has 5 atom stereocenters. The third kappa shape index (κ3) is 14.9. The van der Waals surface area contributed by atoms with E-state index in [1.54, 1.807) is 60.7 Å². The van der Waals surface area contributed by atoms with Crippen LogP contribution in [0.25, 0.3) is 0 Å². The molecule has 0 saturated carbocycles. The van der Waals surface area contributed by atoms with Crippen molar-refractivity contribution in [2.24, 2.45) is 17.4 Å². The number of aliphatic carboxylic acids is 1. The maximum Gasteiger partial charge on any atom is 0.326 e. The monoisotopic (exact) mass is 694 g/mol. The summed E-state index contributed by atoms with van der Waals surface area (Å²) < 4.78 is 0. The van der Waals surface area contributed by atoms with E-state index in [1.807, 2.05) is 13.8 Å². The average Bonchev–Trinajstić information content (AvgIpc) is 3.08. The first kappa shape index (κ1) is 40.9. The zero-order valence-electron chi connectivity index (χ0n) is 28.7. The smallest absolute Gasteiger partial charge is 0.326 e. The minimum Gasteiger partial charge on any atom is -0.480 e. The molecule has 9 N–H and O–H groups in total. The molecular weight excluding hydrogens is 644 g/mol. The fourth-order valence-electron chi connectivity index (χ4n) is 5.24. The number of hydrogen-bond donors (Lipinski definition) is 7. The fraction of sp³-hybridized carbons (Fsp3) is 0.472. The van der Waals surface area contributed by atoms with E-state index in [0.717, 1.165) is 6.42 Å². The first-order chi connectivity index (χ1) is 23.8. The molecule has 0 unspecified atom stereocenters. The molecule has 0 heterocycles. The topological polar surface area (TPSA) is 240 Å². The third-order valence-electron chi connectivity index (χ3n) is 8.28. The van der Waals surface area contributed by atoms with Crippen LogP contribution in [-0.2, 0) is 40.0 Å². The van der Waals surface area contributed by atoms with Gasteiger partial charge in [0.25, 0.3) is 0 Å². The SMILES string of the molecule is CC[C@@H](C)[C@H](NC(=O)CCCCCCCC(=O)N[C@@H](CC(N)=O)C(=O)N[C@@H](Cc1ccccc1)C(=O)O)C(=O)N[C@H](C(N)=O)c1ccccc1. The molecule has 0 aromatic heterocycles. The summed E-state index contributed by atoms with van der Waals surface area (Å²) in [4.78, 5) is 86.7. The van der Waals surface area contributed by atoms with Gasteiger partial charge in [-0.05, 0) is 29.9 Å². The number of carbonyl (C=O) groups is 7. The van der Waals surface area contributed by atoms with Crippen molar-refractivity contribution < 1.29 is 38.7 Å². The quantitative estimate of drug-likeness (QED) is 0.0844. The zero-order valence-corrected chi connectivity index (χ0v) is 28.7. The van der Waals surface area contributed by atoms with Crippen LogP contribution in [0.3, 0.4) is 0 Å². The summed E-state index contributed by atoms with van der Waals surface area (Å²) in [6.45, 7) is 3.73. The predicted molar refractivity (Wildman–Crippen MR) is 186 cm³/mol. The molecule has 272 valence electrons. The molecule has 0 fully saturated rings. The minimum atomic E-state index is -1.32. The Balaban J connectivity index is 1.77. The number of primary amides is 2. The first-order valence-electron chi connectivity index (χ1n) is 16.9. The van der Waals surface area contributed by atoms with Crippen molar-refractivity contribution in [3.05, 3.63) is 71.8 Å². The molecular formula is C36H50N6O8. The molecule has 0 saturated heterocycles. The Kier molecular flexibility index (Phi) is 17.7. The highest BCUT2D eigenvalue weighted by Gasteiger charge is 2.30. The van der Waals surface area contributed by atoms with Crippen LogP contribution in [0.15, 0.2) is 60.7 Å². The van der Waals surface area contributed by atoms with Crippen molar-refractivity contribution in [3.63, 3.8) is 0 Å².